The van der Waals surface area contributed by atoms with Gasteiger partial charge in [-0.3, -0.25) is 0 Å². The lowest BCUT2D eigenvalue weighted by Crippen LogP contribution is -2.16. The first-order valence-corrected chi connectivity index (χ1v) is 6.87. The van der Waals surface area contributed by atoms with E-state index in [9.17, 15) is 0 Å². The molecule has 0 aliphatic carbocycles. The van der Waals surface area contributed by atoms with E-state index in [1.807, 2.05) is 0 Å². The van der Waals surface area contributed by atoms with E-state index in [4.69, 9.17) is 15.5 Å². The van der Waals surface area contributed by atoms with Crippen molar-refractivity contribution >= 4 is 5.82 Å². The normalized spacial score (nSPS) is 14.2. The Morgan fingerprint density at radius 2 is 1.80 bits per heavy atom. The zero-order chi connectivity index (χ0) is 14.3. The van der Waals surface area contributed by atoms with Crippen LogP contribution in [0.5, 0.6) is 0 Å². The minimum atomic E-state index is 0.521. The van der Waals surface area contributed by atoms with Crippen LogP contribution in [-0.2, 0) is 17.8 Å². The van der Waals surface area contributed by atoms with Crippen molar-refractivity contribution in [2.24, 2.45) is 0 Å². The average Bonchev–Trinajstić information content (AvgIpc) is 2.43. The number of benzene rings is 1. The molecule has 4 heteroatoms. The van der Waals surface area contributed by atoms with E-state index in [2.05, 4.69) is 37.9 Å². The number of fused-ring (bicyclic) bond motifs is 1. The zero-order valence-corrected chi connectivity index (χ0v) is 12.2. The third-order valence-electron chi connectivity index (χ3n) is 3.94. The van der Waals surface area contributed by atoms with Gasteiger partial charge in [-0.25, -0.2) is 9.97 Å². The molecule has 1 aromatic heterocycles. The van der Waals surface area contributed by atoms with E-state index in [0.717, 1.165) is 29.1 Å². The van der Waals surface area contributed by atoms with Gasteiger partial charge >= 0.3 is 0 Å². The van der Waals surface area contributed by atoms with Gasteiger partial charge in [0.25, 0.3) is 0 Å². The number of aromatic nitrogens is 2. The number of hydrogen-bond acceptors (Lipinski definition) is 4. The number of hydrogen-bond donors (Lipinski definition) is 1. The maximum Gasteiger partial charge on any atom is 0.162 e. The Hall–Kier alpha value is -1.94. The van der Waals surface area contributed by atoms with Gasteiger partial charge in [-0.2, -0.15) is 0 Å². The van der Waals surface area contributed by atoms with Gasteiger partial charge < -0.3 is 10.5 Å². The molecular formula is C16H19N3O. The summed E-state index contributed by atoms with van der Waals surface area (Å²) in [5, 5.41) is 0. The third-order valence-corrected chi connectivity index (χ3v) is 3.94. The number of anilines is 1. The van der Waals surface area contributed by atoms with E-state index in [1.54, 1.807) is 0 Å². The molecule has 1 aromatic carbocycles. The Morgan fingerprint density at radius 3 is 2.60 bits per heavy atom. The van der Waals surface area contributed by atoms with Crippen LogP contribution in [0.2, 0.25) is 0 Å². The highest BCUT2D eigenvalue weighted by Crippen LogP contribution is 2.27. The van der Waals surface area contributed by atoms with Crippen LogP contribution in [0.15, 0.2) is 12.1 Å². The fourth-order valence-electron chi connectivity index (χ4n) is 2.58. The first-order valence-electron chi connectivity index (χ1n) is 6.87. The number of ether oxygens (including phenoxy) is 1. The summed E-state index contributed by atoms with van der Waals surface area (Å²) in [7, 11) is 0. The molecule has 3 rings (SSSR count). The van der Waals surface area contributed by atoms with Crippen molar-refractivity contribution in [2.75, 3.05) is 12.3 Å². The van der Waals surface area contributed by atoms with Crippen LogP contribution in [0.1, 0.15) is 27.9 Å². The molecule has 2 heterocycles. The predicted molar refractivity (Wildman–Crippen MR) is 79.5 cm³/mol. The van der Waals surface area contributed by atoms with Crippen molar-refractivity contribution in [2.45, 2.75) is 33.8 Å². The third kappa shape index (κ3) is 2.16. The van der Waals surface area contributed by atoms with Crippen LogP contribution in [0, 0.1) is 20.8 Å². The second-order valence-corrected chi connectivity index (χ2v) is 5.41. The van der Waals surface area contributed by atoms with Gasteiger partial charge in [-0.15, -0.1) is 0 Å². The minimum absolute atomic E-state index is 0.521. The Morgan fingerprint density at radius 1 is 1.05 bits per heavy atom. The van der Waals surface area contributed by atoms with E-state index in [-0.39, 0.29) is 0 Å². The van der Waals surface area contributed by atoms with Gasteiger partial charge in [0.1, 0.15) is 5.82 Å². The van der Waals surface area contributed by atoms with E-state index in [0.29, 0.717) is 19.0 Å². The lowest BCUT2D eigenvalue weighted by molar-refractivity contribution is 0.109. The summed E-state index contributed by atoms with van der Waals surface area (Å²) in [6, 6.07) is 4.32. The molecule has 0 radical (unpaired) electrons. The van der Waals surface area contributed by atoms with Gasteiger partial charge in [0.05, 0.1) is 18.9 Å². The molecule has 2 N–H and O–H groups in total. The highest BCUT2D eigenvalue weighted by molar-refractivity contribution is 5.64. The quantitative estimate of drug-likeness (QED) is 0.864. The van der Waals surface area contributed by atoms with Gasteiger partial charge in [-0.1, -0.05) is 6.07 Å². The van der Waals surface area contributed by atoms with Crippen molar-refractivity contribution in [3.8, 4) is 11.4 Å². The van der Waals surface area contributed by atoms with Crippen LogP contribution >= 0.6 is 0 Å². The molecule has 0 bridgehead atoms. The van der Waals surface area contributed by atoms with Crippen molar-refractivity contribution in [1.82, 2.24) is 9.97 Å². The van der Waals surface area contributed by atoms with Gasteiger partial charge in [0.15, 0.2) is 5.82 Å². The monoisotopic (exact) mass is 269 g/mol. The molecule has 0 spiro atoms. The number of nitrogen functional groups attached to an aromatic ring is 1. The molecule has 20 heavy (non-hydrogen) atoms. The summed E-state index contributed by atoms with van der Waals surface area (Å²) in [5.41, 5.74) is 12.8. The molecule has 1 aliphatic heterocycles. The molecule has 0 atom stereocenters. The highest BCUT2D eigenvalue weighted by Gasteiger charge is 2.18. The lowest BCUT2D eigenvalue weighted by atomic mass is 10.00. The van der Waals surface area contributed by atoms with Gasteiger partial charge in [0.2, 0.25) is 0 Å². The molecule has 0 unspecified atom stereocenters. The smallest absolute Gasteiger partial charge is 0.162 e. The molecule has 0 amide bonds. The number of nitrogens with two attached hydrogens (primary N) is 1. The summed E-state index contributed by atoms with van der Waals surface area (Å²) < 4.78 is 5.42. The molecule has 4 nitrogen and oxygen atoms in total. The first-order chi connectivity index (χ1) is 9.56. The zero-order valence-electron chi connectivity index (χ0n) is 12.2. The lowest BCUT2D eigenvalue weighted by Gasteiger charge is -2.18. The Labute approximate surface area is 119 Å². The van der Waals surface area contributed by atoms with E-state index < -0.39 is 0 Å². The SMILES string of the molecule is Cc1cc(C)c(-c2nc(N)c3c(n2)CCOC3)cc1C. The van der Waals surface area contributed by atoms with Gasteiger partial charge in [-0.05, 0) is 43.5 Å². The van der Waals surface area contributed by atoms with Crippen LogP contribution in [0.4, 0.5) is 5.82 Å². The Balaban J connectivity index is 2.15. The van der Waals surface area contributed by atoms with Crippen LogP contribution < -0.4 is 5.73 Å². The number of rotatable bonds is 1. The maximum absolute atomic E-state index is 6.07. The number of aryl methyl sites for hydroxylation is 3. The molecule has 0 saturated carbocycles. The van der Waals surface area contributed by atoms with Crippen molar-refractivity contribution in [1.29, 1.82) is 0 Å². The summed E-state index contributed by atoms with van der Waals surface area (Å²) in [6.45, 7) is 7.53. The molecule has 0 fully saturated rings. The van der Waals surface area contributed by atoms with Crippen molar-refractivity contribution in [3.05, 3.63) is 40.1 Å². The Kier molecular flexibility index (Phi) is 3.18. The maximum atomic E-state index is 6.07. The summed E-state index contributed by atoms with van der Waals surface area (Å²) in [5.74, 6) is 1.27. The predicted octanol–water partition coefficient (Wildman–Crippen LogP) is 2.72. The first kappa shape index (κ1) is 13.1. The molecular weight excluding hydrogens is 250 g/mol. The van der Waals surface area contributed by atoms with Gasteiger partial charge in [0, 0.05) is 17.5 Å². The average molecular weight is 269 g/mol. The van der Waals surface area contributed by atoms with Crippen molar-refractivity contribution in [3.63, 3.8) is 0 Å². The van der Waals surface area contributed by atoms with Crippen molar-refractivity contribution < 1.29 is 4.74 Å². The topological polar surface area (TPSA) is 61.0 Å². The summed E-state index contributed by atoms with van der Waals surface area (Å²) in [6.07, 6.45) is 0.805. The second-order valence-electron chi connectivity index (χ2n) is 5.41. The largest absolute Gasteiger partial charge is 0.383 e. The van der Waals surface area contributed by atoms with Crippen LogP contribution in [0.3, 0.4) is 0 Å². The fraction of sp³-hybridized carbons (Fsp3) is 0.375. The molecule has 2 aromatic rings. The second kappa shape index (κ2) is 4.87. The van der Waals surface area contributed by atoms with E-state index >= 15 is 0 Å². The summed E-state index contributed by atoms with van der Waals surface area (Å²) >= 11 is 0. The minimum Gasteiger partial charge on any atom is -0.383 e. The highest BCUT2D eigenvalue weighted by atomic mass is 16.5. The number of nitrogens with zero attached hydrogens (tertiary/aromatic N) is 2. The van der Waals surface area contributed by atoms with E-state index in [1.165, 1.54) is 16.7 Å². The van der Waals surface area contributed by atoms with Crippen LogP contribution in [-0.4, -0.2) is 16.6 Å². The standard InChI is InChI=1S/C16H19N3O/c1-9-6-11(3)12(7-10(9)2)16-18-14-4-5-20-8-13(14)15(17)19-16/h6-7H,4-5,8H2,1-3H3,(H2,17,18,19). The molecule has 104 valence electrons. The summed E-state index contributed by atoms with van der Waals surface area (Å²) in [4.78, 5) is 9.18. The van der Waals surface area contributed by atoms with Crippen LogP contribution in [0.25, 0.3) is 11.4 Å². The Bertz CT molecular complexity index is 680. The molecule has 0 saturated heterocycles. The fourth-order valence-corrected chi connectivity index (χ4v) is 2.58. The molecule has 1 aliphatic rings.